The third-order valence-electron chi connectivity index (χ3n) is 5.67. The van der Waals surface area contributed by atoms with Gasteiger partial charge in [-0.05, 0) is 32.4 Å². The molecule has 0 aliphatic carbocycles. The number of aryl methyl sites for hydroxylation is 3. The van der Waals surface area contributed by atoms with Crippen molar-refractivity contribution in [2.45, 2.75) is 20.8 Å². The van der Waals surface area contributed by atoms with Crippen molar-refractivity contribution >= 4 is 28.3 Å². The summed E-state index contributed by atoms with van der Waals surface area (Å²) in [5.74, 6) is -1.19. The highest BCUT2D eigenvalue weighted by molar-refractivity contribution is 6.06. The number of pyridine rings is 1. The number of fused-ring (bicyclic) bond motifs is 1. The van der Waals surface area contributed by atoms with Crippen molar-refractivity contribution in [3.8, 4) is 11.3 Å². The van der Waals surface area contributed by atoms with E-state index in [1.807, 2.05) is 50.2 Å². The number of nitrogens with zero attached hydrogens (tertiary/aromatic N) is 2. The van der Waals surface area contributed by atoms with E-state index in [0.717, 1.165) is 16.7 Å². The quantitative estimate of drug-likeness (QED) is 0.159. The van der Waals surface area contributed by atoms with E-state index in [4.69, 9.17) is 9.72 Å². The first kappa shape index (κ1) is 22.8. The molecule has 7 heteroatoms. The van der Waals surface area contributed by atoms with Crippen LogP contribution >= 0.6 is 0 Å². The van der Waals surface area contributed by atoms with Gasteiger partial charge in [0, 0.05) is 28.1 Å². The molecule has 0 spiro atoms. The standard InChI is InChI=1S/C27H22N2O5/c1-16-7-10-19(11-8-16)23-14-22(21-6-4-5-18(3)26(21)28-23)27(31)34-15-25(30)20-12-9-17(2)24(13-20)29(32)33/h4-14H,15H2,1-3H3. The van der Waals surface area contributed by atoms with Crippen LogP contribution in [0.3, 0.4) is 0 Å². The number of carbonyl (C=O) groups is 2. The highest BCUT2D eigenvalue weighted by Gasteiger charge is 2.20. The van der Waals surface area contributed by atoms with Gasteiger partial charge in [-0.25, -0.2) is 9.78 Å². The summed E-state index contributed by atoms with van der Waals surface area (Å²) in [6.07, 6.45) is 0. The van der Waals surface area contributed by atoms with E-state index in [1.54, 1.807) is 19.1 Å². The van der Waals surface area contributed by atoms with Crippen LogP contribution in [-0.2, 0) is 4.74 Å². The van der Waals surface area contributed by atoms with E-state index in [9.17, 15) is 19.7 Å². The predicted molar refractivity (Wildman–Crippen MR) is 129 cm³/mol. The van der Waals surface area contributed by atoms with E-state index in [0.29, 0.717) is 27.7 Å². The SMILES string of the molecule is Cc1ccc(-c2cc(C(=O)OCC(=O)c3ccc(C)c([N+](=O)[O-])c3)c3cccc(C)c3n2)cc1. The molecule has 4 aromatic rings. The van der Waals surface area contributed by atoms with Crippen LogP contribution in [0.15, 0.2) is 66.7 Å². The Hall–Kier alpha value is -4.39. The van der Waals surface area contributed by atoms with Crippen molar-refractivity contribution in [2.24, 2.45) is 0 Å². The molecule has 1 aromatic heterocycles. The van der Waals surface area contributed by atoms with Gasteiger partial charge in [0.05, 0.1) is 21.7 Å². The molecule has 170 valence electrons. The van der Waals surface area contributed by atoms with E-state index in [-0.39, 0.29) is 11.3 Å². The second-order valence-corrected chi connectivity index (χ2v) is 8.15. The topological polar surface area (TPSA) is 99.4 Å². The molecule has 0 aliphatic rings. The number of hydrogen-bond donors (Lipinski definition) is 0. The molecular formula is C27H22N2O5. The van der Waals surface area contributed by atoms with Crippen molar-refractivity contribution < 1.29 is 19.2 Å². The maximum Gasteiger partial charge on any atom is 0.339 e. The van der Waals surface area contributed by atoms with Crippen LogP contribution in [0.25, 0.3) is 22.2 Å². The summed E-state index contributed by atoms with van der Waals surface area (Å²) >= 11 is 0. The van der Waals surface area contributed by atoms with Gasteiger partial charge in [-0.1, -0.05) is 60.2 Å². The van der Waals surface area contributed by atoms with Crippen LogP contribution in [0, 0.1) is 30.9 Å². The molecule has 7 nitrogen and oxygen atoms in total. The van der Waals surface area contributed by atoms with Gasteiger partial charge in [-0.3, -0.25) is 14.9 Å². The average molecular weight is 454 g/mol. The monoisotopic (exact) mass is 454 g/mol. The number of nitro groups is 1. The second-order valence-electron chi connectivity index (χ2n) is 8.15. The lowest BCUT2D eigenvalue weighted by Gasteiger charge is -2.12. The maximum atomic E-state index is 13.1. The fourth-order valence-corrected chi connectivity index (χ4v) is 3.70. The van der Waals surface area contributed by atoms with Crippen LogP contribution < -0.4 is 0 Å². The third-order valence-corrected chi connectivity index (χ3v) is 5.67. The summed E-state index contributed by atoms with van der Waals surface area (Å²) in [5.41, 5.74) is 4.86. The molecule has 0 radical (unpaired) electrons. The van der Waals surface area contributed by atoms with Crippen LogP contribution in [0.2, 0.25) is 0 Å². The Morgan fingerprint density at radius 2 is 1.68 bits per heavy atom. The van der Waals surface area contributed by atoms with Crippen molar-refractivity contribution in [3.63, 3.8) is 0 Å². The molecule has 0 unspecified atom stereocenters. The first-order valence-corrected chi connectivity index (χ1v) is 10.7. The first-order chi connectivity index (χ1) is 16.2. The molecule has 0 aliphatic heterocycles. The van der Waals surface area contributed by atoms with E-state index in [2.05, 4.69) is 0 Å². The molecule has 0 fully saturated rings. The number of esters is 1. The number of nitro benzene ring substituents is 1. The molecule has 1 heterocycles. The number of rotatable bonds is 6. The minimum Gasteiger partial charge on any atom is -0.454 e. The van der Waals surface area contributed by atoms with Crippen LogP contribution in [0.1, 0.15) is 37.4 Å². The molecule has 4 rings (SSSR count). The number of aromatic nitrogens is 1. The Labute approximate surface area is 196 Å². The second kappa shape index (κ2) is 9.23. The number of carbonyl (C=O) groups excluding carboxylic acids is 2. The summed E-state index contributed by atoms with van der Waals surface area (Å²) < 4.78 is 5.35. The molecule has 3 aromatic carbocycles. The Morgan fingerprint density at radius 3 is 2.38 bits per heavy atom. The molecule has 34 heavy (non-hydrogen) atoms. The maximum absolute atomic E-state index is 13.1. The number of benzene rings is 3. The van der Waals surface area contributed by atoms with Crippen molar-refractivity contribution in [2.75, 3.05) is 6.61 Å². The lowest BCUT2D eigenvalue weighted by atomic mass is 10.0. The molecule has 0 N–H and O–H groups in total. The van der Waals surface area contributed by atoms with Crippen LogP contribution in [-0.4, -0.2) is 28.3 Å². The molecule has 0 amide bonds. The Balaban J connectivity index is 1.65. The summed E-state index contributed by atoms with van der Waals surface area (Å²) in [7, 11) is 0. The fraction of sp³-hybridized carbons (Fsp3) is 0.148. The first-order valence-electron chi connectivity index (χ1n) is 10.7. The van der Waals surface area contributed by atoms with Crippen LogP contribution in [0.4, 0.5) is 5.69 Å². The minimum absolute atomic E-state index is 0.112. The number of ether oxygens (including phenoxy) is 1. The summed E-state index contributed by atoms with van der Waals surface area (Å²) in [4.78, 5) is 41.0. The van der Waals surface area contributed by atoms with Gasteiger partial charge in [-0.2, -0.15) is 0 Å². The smallest absolute Gasteiger partial charge is 0.339 e. The summed E-state index contributed by atoms with van der Waals surface area (Å²) in [6.45, 7) is 4.96. The number of ketones is 1. The van der Waals surface area contributed by atoms with Gasteiger partial charge >= 0.3 is 5.97 Å². The lowest BCUT2D eigenvalue weighted by Crippen LogP contribution is -2.15. The fourth-order valence-electron chi connectivity index (χ4n) is 3.70. The highest BCUT2D eigenvalue weighted by Crippen LogP contribution is 2.28. The molecule has 0 saturated carbocycles. The Bertz CT molecular complexity index is 1440. The molecular weight excluding hydrogens is 432 g/mol. The van der Waals surface area contributed by atoms with Gasteiger partial charge in [0.2, 0.25) is 5.78 Å². The largest absolute Gasteiger partial charge is 0.454 e. The number of hydrogen-bond acceptors (Lipinski definition) is 6. The minimum atomic E-state index is -0.665. The lowest BCUT2D eigenvalue weighted by molar-refractivity contribution is -0.385. The summed E-state index contributed by atoms with van der Waals surface area (Å²) in [5, 5.41) is 11.8. The van der Waals surface area contributed by atoms with Crippen molar-refractivity contribution in [3.05, 3.63) is 105 Å². The van der Waals surface area contributed by atoms with E-state index < -0.39 is 23.3 Å². The molecule has 0 saturated heterocycles. The predicted octanol–water partition coefficient (Wildman–Crippen LogP) is 5.77. The van der Waals surface area contributed by atoms with E-state index in [1.165, 1.54) is 18.2 Å². The Morgan fingerprint density at radius 1 is 0.941 bits per heavy atom. The zero-order valence-electron chi connectivity index (χ0n) is 19.0. The molecule has 0 atom stereocenters. The van der Waals surface area contributed by atoms with Crippen molar-refractivity contribution in [1.29, 1.82) is 0 Å². The number of para-hydroxylation sites is 1. The van der Waals surface area contributed by atoms with Gasteiger partial charge in [0.1, 0.15) is 0 Å². The van der Waals surface area contributed by atoms with Gasteiger partial charge < -0.3 is 4.74 Å². The zero-order chi connectivity index (χ0) is 24.4. The third kappa shape index (κ3) is 4.54. The highest BCUT2D eigenvalue weighted by atomic mass is 16.6. The Kier molecular flexibility index (Phi) is 6.19. The molecule has 0 bridgehead atoms. The normalized spacial score (nSPS) is 10.8. The van der Waals surface area contributed by atoms with Crippen LogP contribution in [0.5, 0.6) is 0 Å². The van der Waals surface area contributed by atoms with E-state index >= 15 is 0 Å². The van der Waals surface area contributed by atoms with Gasteiger partial charge in [-0.15, -0.1) is 0 Å². The van der Waals surface area contributed by atoms with Crippen molar-refractivity contribution in [1.82, 2.24) is 4.98 Å². The zero-order valence-corrected chi connectivity index (χ0v) is 19.0. The summed E-state index contributed by atoms with van der Waals surface area (Å²) in [6, 6.07) is 19.2. The van der Waals surface area contributed by atoms with Gasteiger partial charge in [0.15, 0.2) is 6.61 Å². The average Bonchev–Trinajstić information content (AvgIpc) is 2.82. The van der Waals surface area contributed by atoms with Gasteiger partial charge in [0.25, 0.3) is 5.69 Å². The number of Topliss-reactive ketones (excluding diaryl/α,β-unsaturated/α-hetero) is 1.